The Kier molecular flexibility index (Phi) is 6.38. The van der Waals surface area contributed by atoms with E-state index in [4.69, 9.17) is 9.73 Å². The third-order valence-corrected chi connectivity index (χ3v) is 7.18. The first kappa shape index (κ1) is 18.0. The van der Waals surface area contributed by atoms with E-state index in [1.807, 2.05) is 0 Å². The van der Waals surface area contributed by atoms with Crippen molar-refractivity contribution in [2.24, 2.45) is 10.9 Å². The standard InChI is InChI=1S/C17H31N3O3S/c21-24(22)11-8-14(13-24)12-18-17(19-15-4-2-1-3-5-15)20-16-6-9-23-10-7-16/h14-16H,1-13H2,(H2,18,19,20). The van der Waals surface area contributed by atoms with Crippen LogP contribution in [0.15, 0.2) is 4.99 Å². The average molecular weight is 358 g/mol. The SMILES string of the molecule is O=S1(=O)CCC(CN=C(NC2CCCCC2)NC2CCOCC2)C1. The van der Waals surface area contributed by atoms with Crippen molar-refractivity contribution in [2.45, 2.75) is 63.5 Å². The Morgan fingerprint density at radius 3 is 2.25 bits per heavy atom. The number of hydrogen-bond acceptors (Lipinski definition) is 4. The Labute approximate surface area is 145 Å². The van der Waals surface area contributed by atoms with E-state index < -0.39 is 9.84 Å². The second kappa shape index (κ2) is 8.52. The van der Waals surface area contributed by atoms with Gasteiger partial charge in [0, 0.05) is 31.8 Å². The Morgan fingerprint density at radius 1 is 0.958 bits per heavy atom. The Morgan fingerprint density at radius 2 is 1.62 bits per heavy atom. The second-order valence-electron chi connectivity index (χ2n) is 7.47. The van der Waals surface area contributed by atoms with Crippen LogP contribution in [0.2, 0.25) is 0 Å². The molecular weight excluding hydrogens is 326 g/mol. The largest absolute Gasteiger partial charge is 0.381 e. The van der Waals surface area contributed by atoms with Crippen LogP contribution in [-0.4, -0.2) is 57.7 Å². The molecule has 0 radical (unpaired) electrons. The minimum absolute atomic E-state index is 0.176. The van der Waals surface area contributed by atoms with Crippen LogP contribution >= 0.6 is 0 Å². The minimum Gasteiger partial charge on any atom is -0.381 e. The fourth-order valence-corrected chi connectivity index (χ4v) is 5.69. The van der Waals surface area contributed by atoms with Gasteiger partial charge in [0.05, 0.1) is 11.5 Å². The van der Waals surface area contributed by atoms with Crippen LogP contribution in [0.25, 0.3) is 0 Å². The summed E-state index contributed by atoms with van der Waals surface area (Å²) >= 11 is 0. The summed E-state index contributed by atoms with van der Waals surface area (Å²) in [7, 11) is -2.82. The maximum atomic E-state index is 11.6. The highest BCUT2D eigenvalue weighted by atomic mass is 32.2. The summed E-state index contributed by atoms with van der Waals surface area (Å²) < 4.78 is 28.7. The molecule has 1 aliphatic carbocycles. The third kappa shape index (κ3) is 5.62. The monoisotopic (exact) mass is 357 g/mol. The molecule has 3 fully saturated rings. The van der Waals surface area contributed by atoms with Gasteiger partial charge >= 0.3 is 0 Å². The van der Waals surface area contributed by atoms with E-state index in [1.54, 1.807) is 0 Å². The van der Waals surface area contributed by atoms with E-state index in [2.05, 4.69) is 10.6 Å². The number of guanidine groups is 1. The summed E-state index contributed by atoms with van der Waals surface area (Å²) in [6, 6.07) is 0.901. The smallest absolute Gasteiger partial charge is 0.191 e. The zero-order valence-electron chi connectivity index (χ0n) is 14.5. The van der Waals surface area contributed by atoms with Crippen LogP contribution in [-0.2, 0) is 14.6 Å². The van der Waals surface area contributed by atoms with Crippen molar-refractivity contribution in [1.82, 2.24) is 10.6 Å². The fourth-order valence-electron chi connectivity index (χ4n) is 3.84. The quantitative estimate of drug-likeness (QED) is 0.588. The lowest BCUT2D eigenvalue weighted by molar-refractivity contribution is 0.0821. The number of aliphatic imine (C=N–C) groups is 1. The molecule has 1 unspecified atom stereocenters. The zero-order chi connectivity index (χ0) is 16.8. The van der Waals surface area contributed by atoms with Crippen molar-refractivity contribution in [2.75, 3.05) is 31.3 Å². The van der Waals surface area contributed by atoms with Gasteiger partial charge in [0.1, 0.15) is 0 Å². The summed E-state index contributed by atoms with van der Waals surface area (Å²) in [5.41, 5.74) is 0. The molecule has 138 valence electrons. The van der Waals surface area contributed by atoms with Gasteiger partial charge in [-0.3, -0.25) is 4.99 Å². The zero-order valence-corrected chi connectivity index (χ0v) is 15.3. The molecule has 0 bridgehead atoms. The molecule has 24 heavy (non-hydrogen) atoms. The summed E-state index contributed by atoms with van der Waals surface area (Å²) in [6.07, 6.45) is 9.05. The highest BCUT2D eigenvalue weighted by Gasteiger charge is 2.28. The van der Waals surface area contributed by atoms with E-state index in [9.17, 15) is 8.42 Å². The molecule has 6 nitrogen and oxygen atoms in total. The summed E-state index contributed by atoms with van der Waals surface area (Å²) in [5.74, 6) is 1.67. The third-order valence-electron chi connectivity index (χ3n) is 5.34. The molecule has 1 atom stereocenters. The van der Waals surface area contributed by atoms with Crippen LogP contribution in [0.1, 0.15) is 51.4 Å². The molecule has 3 rings (SSSR count). The number of rotatable bonds is 4. The molecule has 0 spiro atoms. The van der Waals surface area contributed by atoms with E-state index >= 15 is 0 Å². The van der Waals surface area contributed by atoms with Crippen molar-refractivity contribution in [3.8, 4) is 0 Å². The molecule has 0 aromatic carbocycles. The van der Waals surface area contributed by atoms with E-state index in [1.165, 1.54) is 32.1 Å². The first-order chi connectivity index (χ1) is 11.6. The van der Waals surface area contributed by atoms with Gasteiger partial charge in [0.25, 0.3) is 0 Å². The average Bonchev–Trinajstić information content (AvgIpc) is 2.94. The Balaban J connectivity index is 1.57. The Hall–Kier alpha value is -0.820. The highest BCUT2D eigenvalue weighted by Crippen LogP contribution is 2.19. The lowest BCUT2D eigenvalue weighted by Gasteiger charge is -2.29. The molecule has 1 saturated carbocycles. The maximum absolute atomic E-state index is 11.6. The molecule has 2 heterocycles. The van der Waals surface area contributed by atoms with Gasteiger partial charge in [-0.15, -0.1) is 0 Å². The van der Waals surface area contributed by atoms with Crippen molar-refractivity contribution in [3.05, 3.63) is 0 Å². The Bertz CT molecular complexity index is 501. The van der Waals surface area contributed by atoms with E-state index in [0.717, 1.165) is 38.4 Å². The molecule has 3 aliphatic rings. The number of hydrogen-bond donors (Lipinski definition) is 2. The maximum Gasteiger partial charge on any atom is 0.191 e. The summed E-state index contributed by atoms with van der Waals surface area (Å²) in [5, 5.41) is 7.15. The van der Waals surface area contributed by atoms with E-state index in [0.29, 0.717) is 30.1 Å². The van der Waals surface area contributed by atoms with Crippen LogP contribution in [0.5, 0.6) is 0 Å². The van der Waals surface area contributed by atoms with Gasteiger partial charge in [-0.05, 0) is 38.0 Å². The van der Waals surface area contributed by atoms with Crippen LogP contribution in [0.4, 0.5) is 0 Å². The van der Waals surface area contributed by atoms with Crippen LogP contribution < -0.4 is 10.6 Å². The van der Waals surface area contributed by atoms with Crippen molar-refractivity contribution < 1.29 is 13.2 Å². The minimum atomic E-state index is -2.82. The molecule has 0 aromatic rings. The van der Waals surface area contributed by atoms with Crippen LogP contribution in [0, 0.1) is 5.92 Å². The highest BCUT2D eigenvalue weighted by molar-refractivity contribution is 7.91. The fraction of sp³-hybridized carbons (Fsp3) is 0.941. The van der Waals surface area contributed by atoms with Gasteiger partial charge in [-0.1, -0.05) is 19.3 Å². The topological polar surface area (TPSA) is 79.8 Å². The molecule has 2 saturated heterocycles. The first-order valence-corrected chi connectivity index (χ1v) is 11.3. The second-order valence-corrected chi connectivity index (χ2v) is 9.70. The predicted octanol–water partition coefficient (Wildman–Crippen LogP) is 1.47. The first-order valence-electron chi connectivity index (χ1n) is 9.46. The molecule has 0 amide bonds. The summed E-state index contributed by atoms with van der Waals surface area (Å²) in [4.78, 5) is 4.75. The normalized spacial score (nSPS) is 29.5. The number of nitrogens with one attached hydrogen (secondary N) is 2. The predicted molar refractivity (Wildman–Crippen MR) is 96.0 cm³/mol. The molecule has 2 aliphatic heterocycles. The molecular formula is C17H31N3O3S. The number of sulfone groups is 1. The van der Waals surface area contributed by atoms with Gasteiger partial charge in [0.15, 0.2) is 15.8 Å². The van der Waals surface area contributed by atoms with Gasteiger partial charge in [-0.25, -0.2) is 8.42 Å². The number of ether oxygens (including phenoxy) is 1. The molecule has 7 heteroatoms. The van der Waals surface area contributed by atoms with E-state index in [-0.39, 0.29) is 5.92 Å². The van der Waals surface area contributed by atoms with Gasteiger partial charge < -0.3 is 15.4 Å². The van der Waals surface area contributed by atoms with Crippen molar-refractivity contribution >= 4 is 15.8 Å². The van der Waals surface area contributed by atoms with Crippen molar-refractivity contribution in [1.29, 1.82) is 0 Å². The molecule has 0 aromatic heterocycles. The summed E-state index contributed by atoms with van der Waals surface area (Å²) in [6.45, 7) is 2.20. The van der Waals surface area contributed by atoms with Crippen LogP contribution in [0.3, 0.4) is 0 Å². The van der Waals surface area contributed by atoms with Gasteiger partial charge in [-0.2, -0.15) is 0 Å². The lowest BCUT2D eigenvalue weighted by Crippen LogP contribution is -2.49. The lowest BCUT2D eigenvalue weighted by atomic mass is 9.96. The van der Waals surface area contributed by atoms with Gasteiger partial charge in [0.2, 0.25) is 0 Å². The molecule has 2 N–H and O–H groups in total. The van der Waals surface area contributed by atoms with Crippen molar-refractivity contribution in [3.63, 3.8) is 0 Å². The number of nitrogens with zero attached hydrogens (tertiary/aromatic N) is 1.